The molecule has 0 aromatic rings. The van der Waals surface area contributed by atoms with E-state index in [9.17, 15) is 9.46 Å². The molecule has 1 N–H and O–H groups in total. The van der Waals surface area contributed by atoms with Crippen LogP contribution in [0.3, 0.4) is 0 Å². The van der Waals surface area contributed by atoms with Gasteiger partial charge in [0.2, 0.25) is 0 Å². The zero-order valence-electron chi connectivity index (χ0n) is 16.4. The minimum Gasteiger partial charge on any atom is -0.381 e. The smallest absolute Gasteiger partial charge is 0.381 e. The van der Waals surface area contributed by atoms with Crippen molar-refractivity contribution < 1.29 is 28.0 Å². The molecule has 0 bridgehead atoms. The second-order valence-electron chi connectivity index (χ2n) is 8.39. The Bertz CT molecular complexity index is 478. The maximum absolute atomic E-state index is 12.4. The molecule has 2 saturated heterocycles. The highest BCUT2D eigenvalue weighted by Gasteiger charge is 2.41. The minimum atomic E-state index is -4.14. The number of hydrogen-bond acceptors (Lipinski definition) is 5. The molecule has 6 nitrogen and oxygen atoms in total. The van der Waals surface area contributed by atoms with Gasteiger partial charge in [0, 0.05) is 12.0 Å². The Hall–Kier alpha value is 0.160. The molecule has 2 aliphatic rings. The molecule has 25 heavy (non-hydrogen) atoms. The van der Waals surface area contributed by atoms with Gasteiger partial charge in [0.05, 0.1) is 24.9 Å². The zero-order chi connectivity index (χ0) is 18.8. The van der Waals surface area contributed by atoms with Gasteiger partial charge in [0.15, 0.2) is 0 Å². The summed E-state index contributed by atoms with van der Waals surface area (Å²) in [6.07, 6.45) is 1.63. The van der Waals surface area contributed by atoms with E-state index in [1.807, 2.05) is 15.7 Å². The molecular formula is C16H33B2O6P. The van der Waals surface area contributed by atoms with Crippen LogP contribution in [0.1, 0.15) is 47.0 Å². The highest BCUT2D eigenvalue weighted by atomic mass is 31.2. The Morgan fingerprint density at radius 2 is 1.72 bits per heavy atom. The third-order valence-corrected chi connectivity index (χ3v) is 6.12. The van der Waals surface area contributed by atoms with Crippen LogP contribution in [0.15, 0.2) is 0 Å². The first-order valence-corrected chi connectivity index (χ1v) is 11.0. The lowest BCUT2D eigenvalue weighted by atomic mass is 9.84. The van der Waals surface area contributed by atoms with Crippen molar-refractivity contribution in [1.82, 2.24) is 0 Å². The molecule has 0 spiro atoms. The Labute approximate surface area is 153 Å². The molecular weight excluding hydrogens is 341 g/mol. The lowest BCUT2D eigenvalue weighted by Gasteiger charge is -2.25. The minimum absolute atomic E-state index is 0.0260. The van der Waals surface area contributed by atoms with E-state index in [2.05, 4.69) is 27.7 Å². The average molecular weight is 374 g/mol. The van der Waals surface area contributed by atoms with Crippen molar-refractivity contribution in [2.75, 3.05) is 6.61 Å². The Morgan fingerprint density at radius 3 is 2.32 bits per heavy atom. The maximum Gasteiger partial charge on any atom is 0.472 e. The fourth-order valence-electron chi connectivity index (χ4n) is 3.93. The van der Waals surface area contributed by atoms with E-state index < -0.39 is 13.9 Å². The molecule has 144 valence electrons. The van der Waals surface area contributed by atoms with Gasteiger partial charge in [-0.25, -0.2) is 4.57 Å². The molecule has 0 amide bonds. The summed E-state index contributed by atoms with van der Waals surface area (Å²) in [5.41, 5.74) is 0. The monoisotopic (exact) mass is 374 g/mol. The van der Waals surface area contributed by atoms with Crippen LogP contribution in [0.2, 0.25) is 0 Å². The van der Waals surface area contributed by atoms with Crippen LogP contribution < -0.4 is 0 Å². The fourth-order valence-corrected chi connectivity index (χ4v) is 4.89. The van der Waals surface area contributed by atoms with Crippen molar-refractivity contribution in [3.63, 3.8) is 0 Å². The molecule has 2 rings (SSSR count). The number of rotatable bonds is 8. The van der Waals surface area contributed by atoms with E-state index in [4.69, 9.17) is 18.5 Å². The summed E-state index contributed by atoms with van der Waals surface area (Å²) in [6, 6.07) is 0.178. The Morgan fingerprint density at radius 1 is 1.12 bits per heavy atom. The van der Waals surface area contributed by atoms with Crippen molar-refractivity contribution in [2.45, 2.75) is 77.3 Å². The van der Waals surface area contributed by atoms with Crippen LogP contribution in [0, 0.1) is 17.8 Å². The highest BCUT2D eigenvalue weighted by Crippen LogP contribution is 2.48. The summed E-state index contributed by atoms with van der Waals surface area (Å²) < 4.78 is 34.9. The van der Waals surface area contributed by atoms with Gasteiger partial charge < -0.3 is 14.4 Å². The largest absolute Gasteiger partial charge is 0.472 e. The number of hydrogen-bond donors (Lipinski definition) is 1. The molecule has 0 aliphatic carbocycles. The first-order chi connectivity index (χ1) is 11.6. The lowest BCUT2D eigenvalue weighted by Crippen LogP contribution is -2.28. The summed E-state index contributed by atoms with van der Waals surface area (Å²) in [5, 5.41) is 0. The van der Waals surface area contributed by atoms with E-state index >= 15 is 0 Å². The average Bonchev–Trinajstić information content (AvgIpc) is 2.99. The van der Waals surface area contributed by atoms with E-state index in [0.29, 0.717) is 24.2 Å². The van der Waals surface area contributed by atoms with Gasteiger partial charge in [0.1, 0.15) is 15.7 Å². The van der Waals surface area contributed by atoms with Crippen LogP contribution in [0.4, 0.5) is 0 Å². The third kappa shape index (κ3) is 6.37. The van der Waals surface area contributed by atoms with Crippen LogP contribution in [0.25, 0.3) is 0 Å². The number of ether oxygens (including phenoxy) is 2. The molecule has 9 heteroatoms. The van der Waals surface area contributed by atoms with Crippen LogP contribution in [-0.4, -0.2) is 57.5 Å². The van der Waals surface area contributed by atoms with Crippen molar-refractivity contribution >= 4 is 23.5 Å². The molecule has 2 aliphatic heterocycles. The van der Waals surface area contributed by atoms with Crippen LogP contribution >= 0.6 is 7.82 Å². The van der Waals surface area contributed by atoms with Crippen molar-refractivity contribution in [1.29, 1.82) is 0 Å². The lowest BCUT2D eigenvalue weighted by molar-refractivity contribution is -0.00745. The quantitative estimate of drug-likeness (QED) is 0.510. The third-order valence-electron chi connectivity index (χ3n) is 5.11. The van der Waals surface area contributed by atoms with Gasteiger partial charge in [0.25, 0.3) is 0 Å². The van der Waals surface area contributed by atoms with Crippen LogP contribution in [-0.2, 0) is 23.1 Å². The predicted molar refractivity (Wildman–Crippen MR) is 102 cm³/mol. The highest BCUT2D eigenvalue weighted by molar-refractivity contribution is 7.47. The summed E-state index contributed by atoms with van der Waals surface area (Å²) in [7, 11) is -0.153. The summed E-state index contributed by atoms with van der Waals surface area (Å²) in [6.45, 7) is 8.56. The van der Waals surface area contributed by atoms with E-state index in [-0.39, 0.29) is 30.8 Å². The first-order valence-electron chi connectivity index (χ1n) is 9.54. The summed E-state index contributed by atoms with van der Waals surface area (Å²) in [4.78, 5) is 10.2. The molecule has 7 unspecified atom stereocenters. The first kappa shape index (κ1) is 21.5. The summed E-state index contributed by atoms with van der Waals surface area (Å²) >= 11 is 0. The summed E-state index contributed by atoms with van der Waals surface area (Å²) in [5.74, 6) is 1.20. The molecule has 2 fully saturated rings. The molecule has 2 heterocycles. The van der Waals surface area contributed by atoms with Crippen molar-refractivity contribution in [3.05, 3.63) is 0 Å². The van der Waals surface area contributed by atoms with Crippen molar-refractivity contribution in [2.24, 2.45) is 17.8 Å². The second-order valence-corrected chi connectivity index (χ2v) is 9.79. The molecule has 0 saturated carbocycles. The normalized spacial score (nSPS) is 38.5. The molecule has 7 atom stereocenters. The topological polar surface area (TPSA) is 74.2 Å². The van der Waals surface area contributed by atoms with Crippen LogP contribution in [0.5, 0.6) is 0 Å². The molecule has 0 aromatic carbocycles. The number of phosphoric acid groups is 1. The maximum atomic E-state index is 12.4. The van der Waals surface area contributed by atoms with Gasteiger partial charge in [-0.15, -0.1) is 0 Å². The van der Waals surface area contributed by atoms with Gasteiger partial charge in [-0.3, -0.25) is 9.05 Å². The number of phosphoric ester groups is 1. The Balaban J connectivity index is 1.89. The van der Waals surface area contributed by atoms with E-state index in [1.54, 1.807) is 0 Å². The van der Waals surface area contributed by atoms with Gasteiger partial charge in [-0.2, -0.15) is 0 Å². The SMILES string of the molecule is BC1CC(OP(=O)(O)OCC2OC(B)CC2C(C)C)C(CC(C)C)O1. The van der Waals surface area contributed by atoms with E-state index in [1.165, 1.54) is 0 Å². The predicted octanol–water partition coefficient (Wildman–Crippen LogP) is 1.30. The van der Waals surface area contributed by atoms with Gasteiger partial charge in [-0.1, -0.05) is 27.7 Å². The second kappa shape index (κ2) is 8.90. The standard InChI is InChI=1S/C16H33B2O6P/c1-9(2)5-12-13(7-16(18)22-12)24-25(19,20)21-8-14-11(10(3)4)6-15(17)23-14/h9-16H,5-8,17-18H2,1-4H3,(H,19,20). The fraction of sp³-hybridized carbons (Fsp3) is 1.00. The molecule has 0 aromatic heterocycles. The van der Waals surface area contributed by atoms with E-state index in [0.717, 1.165) is 12.8 Å². The Kier molecular flexibility index (Phi) is 7.64. The van der Waals surface area contributed by atoms with Gasteiger partial charge in [-0.05, 0) is 37.0 Å². The molecule has 0 radical (unpaired) electrons. The van der Waals surface area contributed by atoms with Gasteiger partial charge >= 0.3 is 7.82 Å². The zero-order valence-corrected chi connectivity index (χ0v) is 17.3. The van der Waals surface area contributed by atoms with Crippen molar-refractivity contribution in [3.8, 4) is 0 Å².